The van der Waals surface area contributed by atoms with Crippen LogP contribution in [0.15, 0.2) is 18.3 Å². The van der Waals surface area contributed by atoms with E-state index in [4.69, 9.17) is 4.74 Å². The van der Waals surface area contributed by atoms with E-state index in [1.54, 1.807) is 12.1 Å². The second-order valence-electron chi connectivity index (χ2n) is 2.89. The zero-order valence-electron chi connectivity index (χ0n) is 6.66. The van der Waals surface area contributed by atoms with Gasteiger partial charge in [-0.15, -0.1) is 0 Å². The molecule has 2 rings (SSSR count). The average molecular weight is 167 g/mol. The summed E-state index contributed by atoms with van der Waals surface area (Å²) in [7, 11) is 0. The van der Waals surface area contributed by atoms with Crippen molar-refractivity contribution in [3.63, 3.8) is 0 Å². The second-order valence-corrected chi connectivity index (χ2v) is 2.89. The topological polar surface area (TPSA) is 22.1 Å². The molecular formula is C9H10FNO. The Labute approximate surface area is 70.4 Å². The van der Waals surface area contributed by atoms with E-state index in [2.05, 4.69) is 4.98 Å². The van der Waals surface area contributed by atoms with Gasteiger partial charge in [0.15, 0.2) is 0 Å². The van der Waals surface area contributed by atoms with E-state index in [1.165, 1.54) is 6.20 Å². The highest BCUT2D eigenvalue weighted by atomic mass is 19.1. The lowest BCUT2D eigenvalue weighted by molar-refractivity contribution is 0.108. The molecule has 0 aliphatic carbocycles. The van der Waals surface area contributed by atoms with Gasteiger partial charge in [-0.05, 0) is 18.9 Å². The lowest BCUT2D eigenvalue weighted by Crippen LogP contribution is -2.00. The lowest BCUT2D eigenvalue weighted by atomic mass is 10.1. The number of pyridine rings is 1. The molecule has 0 bridgehead atoms. The first-order valence-corrected chi connectivity index (χ1v) is 4.10. The maximum atomic E-state index is 13.1. The first-order chi connectivity index (χ1) is 5.88. The van der Waals surface area contributed by atoms with Crippen LogP contribution in [0.5, 0.6) is 0 Å². The first-order valence-electron chi connectivity index (χ1n) is 4.10. The molecule has 1 atom stereocenters. The minimum absolute atomic E-state index is 0.0706. The van der Waals surface area contributed by atoms with Crippen molar-refractivity contribution in [1.82, 2.24) is 4.98 Å². The zero-order valence-corrected chi connectivity index (χ0v) is 6.66. The number of halogens is 1. The van der Waals surface area contributed by atoms with Gasteiger partial charge < -0.3 is 4.74 Å². The van der Waals surface area contributed by atoms with E-state index >= 15 is 0 Å². The van der Waals surface area contributed by atoms with E-state index in [9.17, 15) is 4.39 Å². The van der Waals surface area contributed by atoms with Crippen LogP contribution in [-0.2, 0) is 4.74 Å². The maximum Gasteiger partial charge on any atom is 0.218 e. The molecule has 1 unspecified atom stereocenters. The van der Waals surface area contributed by atoms with Crippen LogP contribution in [0.2, 0.25) is 0 Å². The zero-order chi connectivity index (χ0) is 8.39. The third-order valence-electron chi connectivity index (χ3n) is 2.06. The molecule has 1 aromatic heterocycles. The molecule has 1 aliphatic heterocycles. The van der Waals surface area contributed by atoms with Crippen molar-refractivity contribution in [2.45, 2.75) is 18.9 Å². The molecule has 0 aromatic carbocycles. The summed E-state index contributed by atoms with van der Waals surface area (Å²) in [6, 6.07) is 3.47. The van der Waals surface area contributed by atoms with Crippen molar-refractivity contribution in [3.8, 4) is 0 Å². The lowest BCUT2D eigenvalue weighted by Gasteiger charge is -2.08. The molecule has 0 amide bonds. The smallest absolute Gasteiger partial charge is 0.218 e. The molecular weight excluding hydrogens is 157 g/mol. The average Bonchev–Trinajstić information content (AvgIpc) is 2.57. The van der Waals surface area contributed by atoms with Crippen LogP contribution >= 0.6 is 0 Å². The van der Waals surface area contributed by atoms with Gasteiger partial charge in [0.1, 0.15) is 0 Å². The minimum atomic E-state index is -0.399. The fraction of sp³-hybridized carbons (Fsp3) is 0.444. The standard InChI is InChI=1S/C9H10FNO/c10-9-7(3-1-5-11-9)8-4-2-6-12-8/h1,3,5,8H,2,4,6H2. The highest BCUT2D eigenvalue weighted by Gasteiger charge is 2.20. The Morgan fingerprint density at radius 1 is 1.58 bits per heavy atom. The van der Waals surface area contributed by atoms with Crippen LogP contribution in [0.4, 0.5) is 4.39 Å². The molecule has 1 aliphatic rings. The van der Waals surface area contributed by atoms with Gasteiger partial charge in [0.05, 0.1) is 6.10 Å². The van der Waals surface area contributed by atoms with Gasteiger partial charge in [0.2, 0.25) is 5.95 Å². The quantitative estimate of drug-likeness (QED) is 0.597. The summed E-state index contributed by atoms with van der Waals surface area (Å²) in [5.74, 6) is -0.399. The molecule has 12 heavy (non-hydrogen) atoms. The number of aromatic nitrogens is 1. The molecule has 3 heteroatoms. The van der Waals surface area contributed by atoms with Gasteiger partial charge in [-0.3, -0.25) is 0 Å². The summed E-state index contributed by atoms with van der Waals surface area (Å²) in [5.41, 5.74) is 0.593. The summed E-state index contributed by atoms with van der Waals surface area (Å²) in [4.78, 5) is 3.58. The van der Waals surface area contributed by atoms with Gasteiger partial charge in [-0.1, -0.05) is 6.07 Å². The Morgan fingerprint density at radius 2 is 2.50 bits per heavy atom. The van der Waals surface area contributed by atoms with Gasteiger partial charge in [0.25, 0.3) is 0 Å². The van der Waals surface area contributed by atoms with Crippen molar-refractivity contribution >= 4 is 0 Å². The number of ether oxygens (including phenoxy) is 1. The molecule has 2 nitrogen and oxygen atoms in total. The van der Waals surface area contributed by atoms with Crippen molar-refractivity contribution in [2.75, 3.05) is 6.61 Å². The molecule has 2 heterocycles. The van der Waals surface area contributed by atoms with Crippen molar-refractivity contribution in [2.24, 2.45) is 0 Å². The predicted molar refractivity (Wildman–Crippen MR) is 42.1 cm³/mol. The minimum Gasteiger partial charge on any atom is -0.373 e. The number of hydrogen-bond acceptors (Lipinski definition) is 2. The third-order valence-corrected chi connectivity index (χ3v) is 2.06. The van der Waals surface area contributed by atoms with Crippen molar-refractivity contribution < 1.29 is 9.13 Å². The molecule has 1 saturated heterocycles. The Morgan fingerprint density at radius 3 is 3.17 bits per heavy atom. The molecule has 1 fully saturated rings. The number of hydrogen-bond donors (Lipinski definition) is 0. The van der Waals surface area contributed by atoms with Crippen LogP contribution in [0.25, 0.3) is 0 Å². The summed E-state index contributed by atoms with van der Waals surface area (Å²) in [5, 5.41) is 0. The summed E-state index contributed by atoms with van der Waals surface area (Å²) in [6.07, 6.45) is 3.30. The monoisotopic (exact) mass is 167 g/mol. The molecule has 1 aromatic rings. The Kier molecular flexibility index (Phi) is 2.04. The van der Waals surface area contributed by atoms with E-state index in [0.29, 0.717) is 5.56 Å². The van der Waals surface area contributed by atoms with E-state index in [-0.39, 0.29) is 6.10 Å². The SMILES string of the molecule is Fc1ncccc1C1CCCO1. The first kappa shape index (κ1) is 7.68. The largest absolute Gasteiger partial charge is 0.373 e. The third kappa shape index (κ3) is 1.32. The van der Waals surface area contributed by atoms with E-state index < -0.39 is 5.95 Å². The van der Waals surface area contributed by atoms with Gasteiger partial charge in [-0.25, -0.2) is 4.98 Å². The van der Waals surface area contributed by atoms with Gasteiger partial charge in [0, 0.05) is 18.4 Å². The summed E-state index contributed by atoms with van der Waals surface area (Å²) >= 11 is 0. The van der Waals surface area contributed by atoms with Gasteiger partial charge in [-0.2, -0.15) is 4.39 Å². The van der Waals surface area contributed by atoms with Crippen LogP contribution < -0.4 is 0 Å². The molecule has 64 valence electrons. The van der Waals surface area contributed by atoms with Crippen LogP contribution in [0.3, 0.4) is 0 Å². The highest BCUT2D eigenvalue weighted by Crippen LogP contribution is 2.28. The maximum absolute atomic E-state index is 13.1. The Balaban J connectivity index is 2.26. The van der Waals surface area contributed by atoms with Gasteiger partial charge >= 0.3 is 0 Å². The van der Waals surface area contributed by atoms with Crippen LogP contribution in [0, 0.1) is 5.95 Å². The van der Waals surface area contributed by atoms with Crippen molar-refractivity contribution in [1.29, 1.82) is 0 Å². The predicted octanol–water partition coefficient (Wildman–Crippen LogP) is 2.07. The summed E-state index contributed by atoms with van der Waals surface area (Å²) in [6.45, 7) is 0.735. The molecule has 0 spiro atoms. The highest BCUT2D eigenvalue weighted by molar-refractivity contribution is 5.14. The van der Waals surface area contributed by atoms with E-state index in [1.807, 2.05) is 0 Å². The fourth-order valence-corrected chi connectivity index (χ4v) is 1.46. The second kappa shape index (κ2) is 3.19. The molecule has 0 N–H and O–H groups in total. The molecule has 0 radical (unpaired) electrons. The Hall–Kier alpha value is -0.960. The van der Waals surface area contributed by atoms with Crippen LogP contribution in [0.1, 0.15) is 24.5 Å². The van der Waals surface area contributed by atoms with Crippen LogP contribution in [-0.4, -0.2) is 11.6 Å². The van der Waals surface area contributed by atoms with Crippen molar-refractivity contribution in [3.05, 3.63) is 29.8 Å². The Bertz CT molecular complexity index is 271. The number of rotatable bonds is 1. The summed E-state index contributed by atoms with van der Waals surface area (Å²) < 4.78 is 18.4. The fourth-order valence-electron chi connectivity index (χ4n) is 1.46. The number of nitrogens with zero attached hydrogens (tertiary/aromatic N) is 1. The normalized spacial score (nSPS) is 22.9. The van der Waals surface area contributed by atoms with E-state index in [0.717, 1.165) is 19.4 Å². The molecule has 0 saturated carbocycles.